The predicted molar refractivity (Wildman–Crippen MR) is 102 cm³/mol. The first-order valence-corrected chi connectivity index (χ1v) is 9.58. The van der Waals surface area contributed by atoms with Crippen LogP contribution < -0.4 is 10.5 Å². The lowest BCUT2D eigenvalue weighted by Crippen LogP contribution is -2.32. The third-order valence-electron chi connectivity index (χ3n) is 4.42. The van der Waals surface area contributed by atoms with E-state index in [1.807, 2.05) is 6.07 Å². The number of carbonyl (C=O) groups excluding carboxylic acids is 1. The number of halogens is 2. The van der Waals surface area contributed by atoms with Crippen molar-refractivity contribution in [2.45, 2.75) is 30.2 Å². The third-order valence-corrected chi connectivity index (χ3v) is 5.93. The molecule has 3 rings (SSSR count). The molecule has 2 aromatic rings. The molecular weight excluding hydrogens is 395 g/mol. The monoisotopic (exact) mass is 414 g/mol. The van der Waals surface area contributed by atoms with Crippen molar-refractivity contribution in [2.75, 3.05) is 12.8 Å². The van der Waals surface area contributed by atoms with Crippen LogP contribution in [0, 0.1) is 5.82 Å². The molecule has 0 saturated carbocycles. The van der Waals surface area contributed by atoms with Gasteiger partial charge in [0.1, 0.15) is 5.82 Å². The maximum atomic E-state index is 13.6. The van der Waals surface area contributed by atoms with Crippen LogP contribution in [0.3, 0.4) is 0 Å². The number of anilines is 1. The Hall–Kier alpha value is -2.16. The number of nitrogens with two attached hydrogens (primary N) is 1. The van der Waals surface area contributed by atoms with Gasteiger partial charge in [0.05, 0.1) is 17.6 Å². The summed E-state index contributed by atoms with van der Waals surface area (Å²) in [7, 11) is -3.01. The summed E-state index contributed by atoms with van der Waals surface area (Å²) in [5, 5.41) is 0. The Morgan fingerprint density at radius 1 is 1.26 bits per heavy atom. The second-order valence-electron chi connectivity index (χ2n) is 6.16. The molecule has 6 nitrogen and oxygen atoms in total. The first-order chi connectivity index (χ1) is 12.3. The van der Waals surface area contributed by atoms with Crippen molar-refractivity contribution in [2.24, 2.45) is 0 Å². The van der Waals surface area contributed by atoms with Crippen LogP contribution in [-0.2, 0) is 21.2 Å². The molecule has 1 aliphatic rings. The van der Waals surface area contributed by atoms with Gasteiger partial charge in [0, 0.05) is 11.7 Å². The molecule has 0 bridgehead atoms. The van der Waals surface area contributed by atoms with Crippen LogP contribution in [0.1, 0.15) is 40.4 Å². The highest BCUT2D eigenvalue weighted by Gasteiger charge is 2.29. The van der Waals surface area contributed by atoms with Gasteiger partial charge in [-0.25, -0.2) is 22.3 Å². The van der Waals surface area contributed by atoms with Gasteiger partial charge in [-0.15, -0.1) is 12.4 Å². The van der Waals surface area contributed by atoms with E-state index in [0.717, 1.165) is 49.3 Å². The van der Waals surface area contributed by atoms with Crippen molar-refractivity contribution in [3.05, 3.63) is 58.9 Å². The van der Waals surface area contributed by atoms with E-state index < -0.39 is 32.7 Å². The van der Waals surface area contributed by atoms with Crippen molar-refractivity contribution in [1.82, 2.24) is 4.72 Å². The van der Waals surface area contributed by atoms with Gasteiger partial charge in [-0.3, -0.25) is 0 Å². The normalized spacial score (nSPS) is 16.1. The van der Waals surface area contributed by atoms with Gasteiger partial charge in [-0.2, -0.15) is 0 Å². The van der Waals surface area contributed by atoms with Crippen molar-refractivity contribution in [3.8, 4) is 0 Å². The molecule has 0 spiro atoms. The van der Waals surface area contributed by atoms with Crippen LogP contribution in [0.5, 0.6) is 0 Å². The quantitative estimate of drug-likeness (QED) is 0.592. The number of carbonyl (C=O) groups is 1. The van der Waals surface area contributed by atoms with Crippen molar-refractivity contribution < 1.29 is 22.3 Å². The van der Waals surface area contributed by atoms with Crippen LogP contribution in [0.4, 0.5) is 10.1 Å². The minimum absolute atomic E-state index is 0. The van der Waals surface area contributed by atoms with Crippen LogP contribution in [0.25, 0.3) is 0 Å². The number of aryl methyl sites for hydroxylation is 1. The minimum atomic E-state index is -4.14. The molecule has 0 radical (unpaired) electrons. The summed E-state index contributed by atoms with van der Waals surface area (Å²) in [4.78, 5) is 11.4. The molecule has 0 fully saturated rings. The summed E-state index contributed by atoms with van der Waals surface area (Å²) in [6.45, 7) is 0. The summed E-state index contributed by atoms with van der Waals surface area (Å²) in [5.41, 5.74) is 8.02. The van der Waals surface area contributed by atoms with E-state index in [9.17, 15) is 17.6 Å². The summed E-state index contributed by atoms with van der Waals surface area (Å²) in [6.07, 6.45) is 2.20. The molecule has 27 heavy (non-hydrogen) atoms. The molecule has 9 heteroatoms. The summed E-state index contributed by atoms with van der Waals surface area (Å²) < 4.78 is 46.6. The fourth-order valence-corrected chi connectivity index (χ4v) is 4.66. The molecule has 3 N–H and O–H groups in total. The second-order valence-corrected chi connectivity index (χ2v) is 7.84. The van der Waals surface area contributed by atoms with E-state index in [1.54, 1.807) is 12.1 Å². The lowest BCUT2D eigenvalue weighted by atomic mass is 9.88. The fraction of sp³-hybridized carbons (Fsp3) is 0.278. The maximum absolute atomic E-state index is 13.6. The number of hydrogen-bond acceptors (Lipinski definition) is 5. The van der Waals surface area contributed by atoms with Gasteiger partial charge in [-0.05, 0) is 60.7 Å². The van der Waals surface area contributed by atoms with Gasteiger partial charge < -0.3 is 10.5 Å². The van der Waals surface area contributed by atoms with E-state index in [4.69, 9.17) is 5.73 Å². The topological polar surface area (TPSA) is 98.5 Å². The molecule has 0 aromatic heterocycles. The average Bonchev–Trinajstić information content (AvgIpc) is 2.60. The smallest absolute Gasteiger partial charge is 0.339 e. The van der Waals surface area contributed by atoms with E-state index in [0.29, 0.717) is 12.1 Å². The SMILES string of the molecule is COC(=O)c1ccc(F)cc1S(=O)(=O)NC1CCCc2cc(N)ccc21.Cl. The van der Waals surface area contributed by atoms with E-state index in [2.05, 4.69) is 9.46 Å². The van der Waals surface area contributed by atoms with Crippen molar-refractivity contribution >= 4 is 34.1 Å². The lowest BCUT2D eigenvalue weighted by molar-refractivity contribution is 0.0596. The van der Waals surface area contributed by atoms with Crippen molar-refractivity contribution in [3.63, 3.8) is 0 Å². The Balaban J connectivity index is 0.00000261. The maximum Gasteiger partial charge on any atom is 0.339 e. The number of fused-ring (bicyclic) bond motifs is 1. The molecule has 0 aliphatic heterocycles. The standard InChI is InChI=1S/C18H19FN2O4S.ClH/c1-25-18(22)15-7-5-12(19)10-17(15)26(23,24)21-16-4-2-3-11-9-13(20)6-8-14(11)16;/h5-10,16,21H,2-4,20H2,1H3;1H. The van der Waals surface area contributed by atoms with E-state index in [-0.39, 0.29) is 18.0 Å². The van der Waals surface area contributed by atoms with Crippen molar-refractivity contribution in [1.29, 1.82) is 0 Å². The van der Waals surface area contributed by atoms with Crippen LogP contribution in [0.2, 0.25) is 0 Å². The highest BCUT2D eigenvalue weighted by atomic mass is 35.5. The van der Waals surface area contributed by atoms with Gasteiger partial charge in [0.2, 0.25) is 10.0 Å². The molecule has 0 heterocycles. The minimum Gasteiger partial charge on any atom is -0.465 e. The number of hydrogen-bond donors (Lipinski definition) is 2. The molecule has 0 saturated heterocycles. The molecule has 146 valence electrons. The molecule has 2 aromatic carbocycles. The summed E-state index contributed by atoms with van der Waals surface area (Å²) in [6, 6.07) is 7.81. The molecule has 0 amide bonds. The second kappa shape index (κ2) is 8.24. The van der Waals surface area contributed by atoms with Gasteiger partial charge >= 0.3 is 5.97 Å². The predicted octanol–water partition coefficient (Wildman–Crippen LogP) is 2.97. The van der Waals surface area contributed by atoms with E-state index in [1.165, 1.54) is 0 Å². The van der Waals surface area contributed by atoms with Crippen LogP contribution >= 0.6 is 12.4 Å². The van der Waals surface area contributed by atoms with E-state index >= 15 is 0 Å². The molecule has 1 atom stereocenters. The lowest BCUT2D eigenvalue weighted by Gasteiger charge is -2.26. The Morgan fingerprint density at radius 3 is 2.70 bits per heavy atom. The highest BCUT2D eigenvalue weighted by Crippen LogP contribution is 2.32. The number of benzene rings is 2. The van der Waals surface area contributed by atoms with Gasteiger partial charge in [0.25, 0.3) is 0 Å². The molecule has 1 unspecified atom stereocenters. The van der Waals surface area contributed by atoms with Gasteiger partial charge in [-0.1, -0.05) is 6.07 Å². The fourth-order valence-electron chi connectivity index (χ4n) is 3.20. The average molecular weight is 415 g/mol. The third kappa shape index (κ3) is 4.40. The molecule has 1 aliphatic carbocycles. The van der Waals surface area contributed by atoms with Crippen LogP contribution in [0.15, 0.2) is 41.3 Å². The number of nitrogens with one attached hydrogen (secondary N) is 1. The number of rotatable bonds is 4. The largest absolute Gasteiger partial charge is 0.465 e. The van der Waals surface area contributed by atoms with Crippen LogP contribution in [-0.4, -0.2) is 21.5 Å². The Morgan fingerprint density at radius 2 is 2.00 bits per heavy atom. The number of nitrogen functional groups attached to an aromatic ring is 1. The highest BCUT2D eigenvalue weighted by molar-refractivity contribution is 7.89. The zero-order valence-corrected chi connectivity index (χ0v) is 16.2. The first kappa shape index (κ1) is 21.1. The number of methoxy groups -OCH3 is 1. The summed E-state index contributed by atoms with van der Waals surface area (Å²) in [5.74, 6) is -1.60. The number of ether oxygens (including phenoxy) is 1. The Kier molecular flexibility index (Phi) is 6.46. The Labute approximate surface area is 163 Å². The number of sulfonamides is 1. The zero-order valence-electron chi connectivity index (χ0n) is 14.6. The molecular formula is C18H20ClFN2O4S. The van der Waals surface area contributed by atoms with Gasteiger partial charge in [0.15, 0.2) is 0 Å². The summed E-state index contributed by atoms with van der Waals surface area (Å²) >= 11 is 0. The Bertz CT molecular complexity index is 966. The zero-order chi connectivity index (χ0) is 18.9. The first-order valence-electron chi connectivity index (χ1n) is 8.10. The number of esters is 1.